The topological polar surface area (TPSA) is 57.7 Å². The lowest BCUT2D eigenvalue weighted by atomic mass is 10.1. The normalized spacial score (nSPS) is 18.2. The number of rotatable bonds is 3. The maximum absolute atomic E-state index is 12.4. The fourth-order valence-electron chi connectivity index (χ4n) is 2.45. The van der Waals surface area contributed by atoms with E-state index in [1.165, 1.54) is 11.8 Å². The third-order valence-corrected chi connectivity index (χ3v) is 4.42. The molecule has 1 aliphatic heterocycles. The van der Waals surface area contributed by atoms with E-state index in [-0.39, 0.29) is 24.8 Å². The Morgan fingerprint density at radius 2 is 2.00 bits per heavy atom. The third-order valence-electron chi connectivity index (χ3n) is 3.68. The summed E-state index contributed by atoms with van der Waals surface area (Å²) in [6, 6.07) is 4.40. The van der Waals surface area contributed by atoms with Crippen molar-refractivity contribution in [1.29, 1.82) is 0 Å². The quantitative estimate of drug-likeness (QED) is 0.787. The van der Waals surface area contributed by atoms with E-state index < -0.39 is 6.04 Å². The van der Waals surface area contributed by atoms with E-state index in [0.717, 1.165) is 5.56 Å². The molecule has 2 amide bonds. The van der Waals surface area contributed by atoms with Crippen LogP contribution in [0.3, 0.4) is 0 Å². The second kappa shape index (κ2) is 7.11. The molecule has 0 bridgehead atoms. The molecule has 22 heavy (non-hydrogen) atoms. The summed E-state index contributed by atoms with van der Waals surface area (Å²) in [7, 11) is 0. The van der Waals surface area contributed by atoms with Crippen LogP contribution in [0.25, 0.3) is 0 Å². The molecule has 2 rings (SSSR count). The van der Waals surface area contributed by atoms with E-state index in [4.69, 9.17) is 23.2 Å². The molecule has 0 N–H and O–H groups in total. The van der Waals surface area contributed by atoms with E-state index in [0.29, 0.717) is 29.4 Å². The van der Waals surface area contributed by atoms with Crippen molar-refractivity contribution >= 4 is 41.3 Å². The van der Waals surface area contributed by atoms with E-state index in [2.05, 4.69) is 0 Å². The predicted octanol–water partition coefficient (Wildman–Crippen LogP) is 1.79. The van der Waals surface area contributed by atoms with Gasteiger partial charge >= 0.3 is 0 Å². The minimum Gasteiger partial charge on any atom is -0.339 e. The summed E-state index contributed by atoms with van der Waals surface area (Å²) in [5.74, 6) is -0.262. The molecule has 1 atom stereocenters. The molecule has 1 unspecified atom stereocenters. The summed E-state index contributed by atoms with van der Waals surface area (Å²) >= 11 is 11.8. The highest BCUT2D eigenvalue weighted by Gasteiger charge is 2.31. The Kier molecular flexibility index (Phi) is 5.42. The van der Waals surface area contributed by atoms with Crippen LogP contribution in [0, 0.1) is 0 Å². The van der Waals surface area contributed by atoms with Crippen molar-refractivity contribution in [2.24, 2.45) is 0 Å². The highest BCUT2D eigenvalue weighted by Crippen LogP contribution is 2.23. The van der Waals surface area contributed by atoms with Crippen LogP contribution in [-0.2, 0) is 20.8 Å². The van der Waals surface area contributed by atoms with Gasteiger partial charge in [0.15, 0.2) is 0 Å². The number of carbonyl (C=O) groups is 3. The average Bonchev–Trinajstić information content (AvgIpc) is 2.50. The van der Waals surface area contributed by atoms with Gasteiger partial charge in [-0.1, -0.05) is 29.3 Å². The van der Waals surface area contributed by atoms with Gasteiger partial charge < -0.3 is 14.6 Å². The van der Waals surface area contributed by atoms with E-state index in [1.807, 2.05) is 0 Å². The minimum absolute atomic E-state index is 0.0940. The molecule has 0 radical (unpaired) electrons. The van der Waals surface area contributed by atoms with E-state index in [9.17, 15) is 14.4 Å². The predicted molar refractivity (Wildman–Crippen MR) is 84.0 cm³/mol. The van der Waals surface area contributed by atoms with Gasteiger partial charge in [0.1, 0.15) is 12.3 Å². The van der Waals surface area contributed by atoms with Crippen molar-refractivity contribution < 1.29 is 14.4 Å². The summed E-state index contributed by atoms with van der Waals surface area (Å²) < 4.78 is 0. The van der Waals surface area contributed by atoms with Crippen LogP contribution < -0.4 is 0 Å². The Labute approximate surface area is 138 Å². The minimum atomic E-state index is -0.604. The van der Waals surface area contributed by atoms with Crippen molar-refractivity contribution in [3.63, 3.8) is 0 Å². The van der Waals surface area contributed by atoms with Crippen LogP contribution >= 0.6 is 23.2 Å². The van der Waals surface area contributed by atoms with Gasteiger partial charge in [0.2, 0.25) is 11.8 Å². The first kappa shape index (κ1) is 16.8. The van der Waals surface area contributed by atoms with Crippen LogP contribution in [0.15, 0.2) is 18.2 Å². The molecule has 0 saturated carbocycles. The van der Waals surface area contributed by atoms with Gasteiger partial charge in [0.05, 0.1) is 16.5 Å². The zero-order valence-corrected chi connectivity index (χ0v) is 13.6. The number of amides is 2. The largest absolute Gasteiger partial charge is 0.339 e. The Morgan fingerprint density at radius 1 is 1.27 bits per heavy atom. The summed E-state index contributed by atoms with van der Waals surface area (Å²) in [6.45, 7) is 2.48. The summed E-state index contributed by atoms with van der Waals surface area (Å²) in [5.41, 5.74) is 0.734. The zero-order chi connectivity index (χ0) is 16.3. The standard InChI is InChI=1S/C15H16Cl2N2O3/c1-10(21)18-4-5-19(12(8-18)9-20)15(22)7-11-2-3-13(16)14(17)6-11/h2-3,6,9,12H,4-5,7-8H2,1H3. The third kappa shape index (κ3) is 3.78. The number of piperazine rings is 1. The molecule has 1 aromatic rings. The highest BCUT2D eigenvalue weighted by atomic mass is 35.5. The lowest BCUT2D eigenvalue weighted by Crippen LogP contribution is -2.57. The first-order chi connectivity index (χ1) is 10.4. The Bertz CT molecular complexity index is 606. The second-order valence-corrected chi connectivity index (χ2v) is 6.00. The smallest absolute Gasteiger partial charge is 0.227 e. The number of hydrogen-bond donors (Lipinski definition) is 0. The SMILES string of the molecule is CC(=O)N1CCN(C(=O)Cc2ccc(Cl)c(Cl)c2)C(C=O)C1. The molecule has 0 aromatic heterocycles. The number of halogens is 2. The van der Waals surface area contributed by atoms with Crippen LogP contribution in [0.2, 0.25) is 10.0 Å². The summed E-state index contributed by atoms with van der Waals surface area (Å²) in [5, 5.41) is 0.819. The molecule has 118 valence electrons. The van der Waals surface area contributed by atoms with Gasteiger partial charge in [0.25, 0.3) is 0 Å². The summed E-state index contributed by atoms with van der Waals surface area (Å²) in [6.07, 6.45) is 0.850. The van der Waals surface area contributed by atoms with Crippen LogP contribution in [0.5, 0.6) is 0 Å². The van der Waals surface area contributed by atoms with Gasteiger partial charge in [-0.25, -0.2) is 0 Å². The number of carbonyl (C=O) groups excluding carboxylic acids is 3. The van der Waals surface area contributed by atoms with E-state index in [1.54, 1.807) is 23.1 Å². The molecule has 1 saturated heterocycles. The fraction of sp³-hybridized carbons (Fsp3) is 0.400. The molecule has 1 heterocycles. The lowest BCUT2D eigenvalue weighted by molar-refractivity contribution is -0.143. The van der Waals surface area contributed by atoms with Crippen molar-refractivity contribution in [2.45, 2.75) is 19.4 Å². The molecule has 5 nitrogen and oxygen atoms in total. The van der Waals surface area contributed by atoms with Crippen LogP contribution in [0.4, 0.5) is 0 Å². The molecular formula is C15H16Cl2N2O3. The molecule has 7 heteroatoms. The number of benzene rings is 1. The molecule has 0 aliphatic carbocycles. The maximum Gasteiger partial charge on any atom is 0.227 e. The van der Waals surface area contributed by atoms with E-state index >= 15 is 0 Å². The van der Waals surface area contributed by atoms with Crippen LogP contribution in [0.1, 0.15) is 12.5 Å². The van der Waals surface area contributed by atoms with Crippen molar-refractivity contribution in [3.05, 3.63) is 33.8 Å². The Balaban J connectivity index is 2.06. The Hall–Kier alpha value is -1.59. The molecule has 1 aliphatic rings. The lowest BCUT2D eigenvalue weighted by Gasteiger charge is -2.38. The number of hydrogen-bond acceptors (Lipinski definition) is 3. The Morgan fingerprint density at radius 3 is 2.59 bits per heavy atom. The first-order valence-corrected chi connectivity index (χ1v) is 7.62. The molecule has 0 spiro atoms. The summed E-state index contributed by atoms with van der Waals surface area (Å²) in [4.78, 5) is 38.1. The maximum atomic E-state index is 12.4. The first-order valence-electron chi connectivity index (χ1n) is 6.86. The van der Waals surface area contributed by atoms with Gasteiger partial charge in [0, 0.05) is 26.6 Å². The second-order valence-electron chi connectivity index (χ2n) is 5.18. The number of aldehydes is 1. The van der Waals surface area contributed by atoms with Crippen LogP contribution in [-0.4, -0.2) is 53.6 Å². The highest BCUT2D eigenvalue weighted by molar-refractivity contribution is 6.42. The van der Waals surface area contributed by atoms with Gasteiger partial charge in [-0.15, -0.1) is 0 Å². The van der Waals surface area contributed by atoms with Gasteiger partial charge in [-0.2, -0.15) is 0 Å². The molecular weight excluding hydrogens is 327 g/mol. The van der Waals surface area contributed by atoms with Crippen molar-refractivity contribution in [3.8, 4) is 0 Å². The van der Waals surface area contributed by atoms with Crippen molar-refractivity contribution in [1.82, 2.24) is 9.80 Å². The van der Waals surface area contributed by atoms with Crippen molar-refractivity contribution in [2.75, 3.05) is 19.6 Å². The fourth-order valence-corrected chi connectivity index (χ4v) is 2.77. The molecule has 1 fully saturated rings. The average molecular weight is 343 g/mol. The van der Waals surface area contributed by atoms with Gasteiger partial charge in [-0.05, 0) is 17.7 Å². The van der Waals surface area contributed by atoms with Gasteiger partial charge in [-0.3, -0.25) is 9.59 Å². The monoisotopic (exact) mass is 342 g/mol. The number of nitrogens with zero attached hydrogens (tertiary/aromatic N) is 2. The zero-order valence-electron chi connectivity index (χ0n) is 12.1. The molecule has 1 aromatic carbocycles.